The minimum absolute atomic E-state index is 0.000182. The van der Waals surface area contributed by atoms with Gasteiger partial charge < -0.3 is 20.5 Å². The molecule has 24 heavy (non-hydrogen) atoms. The van der Waals surface area contributed by atoms with E-state index in [0.717, 1.165) is 17.7 Å². The van der Waals surface area contributed by atoms with E-state index in [1.165, 1.54) is 0 Å². The van der Waals surface area contributed by atoms with Crippen LogP contribution >= 0.6 is 0 Å². The Morgan fingerprint density at radius 3 is 2.67 bits per heavy atom. The lowest BCUT2D eigenvalue weighted by Crippen LogP contribution is -2.33. The topological polar surface area (TPSA) is 70.6 Å². The molecular formula is C19H24N2O3. The number of nitrogens with one attached hydrogen (secondary N) is 2. The molecule has 0 saturated carbocycles. The molecule has 2 aromatic rings. The molecule has 0 aliphatic carbocycles. The lowest BCUT2D eigenvalue weighted by molar-refractivity contribution is 0.239. The molecule has 3 N–H and O–H groups in total. The van der Waals surface area contributed by atoms with E-state index in [2.05, 4.69) is 10.6 Å². The van der Waals surface area contributed by atoms with E-state index in [4.69, 9.17) is 4.74 Å². The van der Waals surface area contributed by atoms with E-state index in [1.54, 1.807) is 6.07 Å². The van der Waals surface area contributed by atoms with Gasteiger partial charge in [0, 0.05) is 18.4 Å². The highest BCUT2D eigenvalue weighted by molar-refractivity contribution is 5.89. The molecule has 0 spiro atoms. The van der Waals surface area contributed by atoms with Gasteiger partial charge in [-0.25, -0.2) is 4.79 Å². The number of rotatable bonds is 8. The summed E-state index contributed by atoms with van der Waals surface area (Å²) in [5.74, 6) is 0.726. The summed E-state index contributed by atoms with van der Waals surface area (Å²) in [4.78, 5) is 12.3. The number of hydrogen-bond acceptors (Lipinski definition) is 3. The fourth-order valence-electron chi connectivity index (χ4n) is 2.35. The van der Waals surface area contributed by atoms with Crippen molar-refractivity contribution in [1.29, 1.82) is 0 Å². The van der Waals surface area contributed by atoms with Gasteiger partial charge in [-0.1, -0.05) is 43.3 Å². The molecule has 0 heterocycles. The highest BCUT2D eigenvalue weighted by atomic mass is 16.5. The summed E-state index contributed by atoms with van der Waals surface area (Å²) in [5.41, 5.74) is 1.62. The first kappa shape index (κ1) is 17.8. The zero-order valence-electron chi connectivity index (χ0n) is 13.9. The lowest BCUT2D eigenvalue weighted by Gasteiger charge is -2.19. The first-order valence-corrected chi connectivity index (χ1v) is 8.19. The van der Waals surface area contributed by atoms with Crippen molar-refractivity contribution in [2.45, 2.75) is 25.8 Å². The lowest BCUT2D eigenvalue weighted by atomic mass is 10.0. The van der Waals surface area contributed by atoms with Crippen molar-refractivity contribution in [2.75, 3.05) is 18.5 Å². The number of amides is 2. The molecule has 0 radical (unpaired) electrons. The predicted molar refractivity (Wildman–Crippen MR) is 95.3 cm³/mol. The number of aliphatic hydroxyl groups excluding tert-OH is 1. The minimum atomic E-state index is -0.315. The van der Waals surface area contributed by atoms with Gasteiger partial charge in [0.2, 0.25) is 0 Å². The molecule has 2 amide bonds. The van der Waals surface area contributed by atoms with Crippen LogP contribution in [-0.4, -0.2) is 24.4 Å². The Bertz CT molecular complexity index is 632. The van der Waals surface area contributed by atoms with Crippen LogP contribution in [0.1, 0.15) is 31.4 Å². The first-order chi connectivity index (χ1) is 11.7. The van der Waals surface area contributed by atoms with Gasteiger partial charge in [-0.3, -0.25) is 0 Å². The van der Waals surface area contributed by atoms with Crippen LogP contribution in [0.2, 0.25) is 0 Å². The molecule has 0 aromatic heterocycles. The number of ether oxygens (including phenoxy) is 1. The van der Waals surface area contributed by atoms with Gasteiger partial charge in [-0.05, 0) is 30.5 Å². The van der Waals surface area contributed by atoms with Crippen molar-refractivity contribution in [1.82, 2.24) is 5.32 Å². The molecule has 1 atom stereocenters. The highest BCUT2D eigenvalue weighted by Gasteiger charge is 2.14. The molecule has 2 rings (SSSR count). The van der Waals surface area contributed by atoms with Gasteiger partial charge >= 0.3 is 6.03 Å². The van der Waals surface area contributed by atoms with Gasteiger partial charge in [0.1, 0.15) is 5.75 Å². The zero-order chi connectivity index (χ0) is 17.2. The molecule has 5 nitrogen and oxygen atoms in total. The van der Waals surface area contributed by atoms with E-state index in [-0.39, 0.29) is 18.7 Å². The molecule has 0 saturated heterocycles. The normalized spacial score (nSPS) is 11.6. The Hall–Kier alpha value is -2.53. The van der Waals surface area contributed by atoms with Gasteiger partial charge in [-0.15, -0.1) is 0 Å². The van der Waals surface area contributed by atoms with Crippen LogP contribution in [0.4, 0.5) is 10.5 Å². The summed E-state index contributed by atoms with van der Waals surface area (Å²) < 4.78 is 5.56. The quantitative estimate of drug-likeness (QED) is 0.691. The van der Waals surface area contributed by atoms with E-state index in [0.29, 0.717) is 18.7 Å². The second-order valence-electron chi connectivity index (χ2n) is 5.45. The van der Waals surface area contributed by atoms with Crippen molar-refractivity contribution in [2.24, 2.45) is 0 Å². The SMILES string of the molecule is CCCOc1cccc(NC(=O)N[C@H](CCO)c2ccccc2)c1. The Kier molecular flexibility index (Phi) is 7.11. The average Bonchev–Trinajstić information content (AvgIpc) is 2.60. The number of carbonyl (C=O) groups is 1. The highest BCUT2D eigenvalue weighted by Crippen LogP contribution is 2.19. The summed E-state index contributed by atoms with van der Waals surface area (Å²) in [7, 11) is 0. The summed E-state index contributed by atoms with van der Waals surface area (Å²) >= 11 is 0. The maximum absolute atomic E-state index is 12.3. The molecule has 0 aliphatic rings. The maximum Gasteiger partial charge on any atom is 0.319 e. The second kappa shape index (κ2) is 9.57. The molecule has 0 bridgehead atoms. The van der Waals surface area contributed by atoms with Crippen LogP contribution in [0.25, 0.3) is 0 Å². The van der Waals surface area contributed by atoms with Crippen LogP contribution in [-0.2, 0) is 0 Å². The van der Waals surface area contributed by atoms with E-state index in [9.17, 15) is 9.90 Å². The van der Waals surface area contributed by atoms with E-state index in [1.807, 2.05) is 55.5 Å². The third-order valence-electron chi connectivity index (χ3n) is 3.49. The Morgan fingerprint density at radius 2 is 1.96 bits per heavy atom. The third-order valence-corrected chi connectivity index (χ3v) is 3.49. The largest absolute Gasteiger partial charge is 0.494 e. The van der Waals surface area contributed by atoms with Gasteiger partial charge in [0.25, 0.3) is 0 Å². The molecule has 5 heteroatoms. The second-order valence-corrected chi connectivity index (χ2v) is 5.45. The molecular weight excluding hydrogens is 304 g/mol. The summed E-state index contributed by atoms with van der Waals surface area (Å²) in [6.45, 7) is 2.68. The Morgan fingerprint density at radius 1 is 1.17 bits per heavy atom. The van der Waals surface area contributed by atoms with Crippen LogP contribution in [0.15, 0.2) is 54.6 Å². The summed E-state index contributed by atoms with van der Waals surface area (Å²) in [6, 6.07) is 16.3. The first-order valence-electron chi connectivity index (χ1n) is 8.19. The van der Waals surface area contributed by atoms with Crippen molar-refractivity contribution in [3.05, 3.63) is 60.2 Å². The fraction of sp³-hybridized carbons (Fsp3) is 0.316. The summed E-state index contributed by atoms with van der Waals surface area (Å²) in [6.07, 6.45) is 1.38. The number of hydrogen-bond donors (Lipinski definition) is 3. The number of carbonyl (C=O) groups excluding carboxylic acids is 1. The molecule has 0 fully saturated rings. The maximum atomic E-state index is 12.3. The monoisotopic (exact) mass is 328 g/mol. The van der Waals surface area contributed by atoms with Crippen LogP contribution < -0.4 is 15.4 Å². The van der Waals surface area contributed by atoms with Crippen molar-refractivity contribution >= 4 is 11.7 Å². The Labute approximate surface area is 142 Å². The summed E-state index contributed by atoms with van der Waals surface area (Å²) in [5, 5.41) is 14.9. The molecule has 128 valence electrons. The Balaban J connectivity index is 1.98. The fourth-order valence-corrected chi connectivity index (χ4v) is 2.35. The van der Waals surface area contributed by atoms with E-state index >= 15 is 0 Å². The number of anilines is 1. The number of benzene rings is 2. The van der Waals surface area contributed by atoms with Crippen molar-refractivity contribution < 1.29 is 14.6 Å². The number of urea groups is 1. The van der Waals surface area contributed by atoms with Crippen LogP contribution in [0, 0.1) is 0 Å². The van der Waals surface area contributed by atoms with Crippen molar-refractivity contribution in [3.8, 4) is 5.75 Å². The average molecular weight is 328 g/mol. The van der Waals surface area contributed by atoms with Gasteiger partial charge in [-0.2, -0.15) is 0 Å². The van der Waals surface area contributed by atoms with Crippen molar-refractivity contribution in [3.63, 3.8) is 0 Å². The molecule has 0 unspecified atom stereocenters. The standard InChI is InChI=1S/C19H24N2O3/c1-2-13-24-17-10-6-9-16(14-17)20-19(23)21-18(11-12-22)15-7-4-3-5-8-15/h3-10,14,18,22H,2,11-13H2,1H3,(H2,20,21,23)/t18-/m1/s1. The predicted octanol–water partition coefficient (Wildman–Crippen LogP) is 3.72. The van der Waals surface area contributed by atoms with E-state index < -0.39 is 0 Å². The minimum Gasteiger partial charge on any atom is -0.494 e. The van der Waals surface area contributed by atoms with Gasteiger partial charge in [0.15, 0.2) is 0 Å². The molecule has 2 aromatic carbocycles. The van der Waals surface area contributed by atoms with Crippen LogP contribution in [0.5, 0.6) is 5.75 Å². The van der Waals surface area contributed by atoms with Gasteiger partial charge in [0.05, 0.1) is 12.6 Å². The third kappa shape index (κ3) is 5.59. The molecule has 0 aliphatic heterocycles. The van der Waals surface area contributed by atoms with Crippen LogP contribution in [0.3, 0.4) is 0 Å². The number of aliphatic hydroxyl groups is 1. The smallest absolute Gasteiger partial charge is 0.319 e. The zero-order valence-corrected chi connectivity index (χ0v) is 13.9.